The normalized spacial score (nSPS) is 21.2. The first-order valence-corrected chi connectivity index (χ1v) is 5.89. The van der Waals surface area contributed by atoms with Gasteiger partial charge in [0.1, 0.15) is 0 Å². The molecule has 1 aliphatic heterocycles. The molecule has 0 aromatic heterocycles. The smallest absolute Gasteiger partial charge is 0.330 e. The van der Waals surface area contributed by atoms with Crippen LogP contribution in [0, 0.1) is 0 Å². The molecular formula is C12H20O4. The summed E-state index contributed by atoms with van der Waals surface area (Å²) in [4.78, 5) is 10.9. The first-order valence-electron chi connectivity index (χ1n) is 5.89. The third-order valence-electron chi connectivity index (χ3n) is 2.27. The average molecular weight is 228 g/mol. The van der Waals surface area contributed by atoms with Crippen LogP contribution in [0.4, 0.5) is 0 Å². The van der Waals surface area contributed by atoms with Gasteiger partial charge in [-0.1, -0.05) is 6.08 Å². The van der Waals surface area contributed by atoms with Crippen molar-refractivity contribution in [2.24, 2.45) is 0 Å². The zero-order valence-electron chi connectivity index (χ0n) is 9.81. The van der Waals surface area contributed by atoms with E-state index in [1.165, 1.54) is 12.5 Å². The fraction of sp³-hybridized carbons (Fsp3) is 0.750. The van der Waals surface area contributed by atoms with Crippen molar-refractivity contribution in [2.75, 3.05) is 19.8 Å². The molecule has 1 atom stereocenters. The highest BCUT2D eigenvalue weighted by molar-refractivity contribution is 5.81. The molecule has 0 aromatic rings. The lowest BCUT2D eigenvalue weighted by molar-refractivity contribution is -0.161. The van der Waals surface area contributed by atoms with Gasteiger partial charge in [0.15, 0.2) is 6.29 Å². The second-order valence-electron chi connectivity index (χ2n) is 3.61. The Morgan fingerprint density at radius 3 is 3.06 bits per heavy atom. The molecule has 1 rings (SSSR count). The Balaban J connectivity index is 2.00. The Morgan fingerprint density at radius 1 is 1.50 bits per heavy atom. The third kappa shape index (κ3) is 5.88. The summed E-state index contributed by atoms with van der Waals surface area (Å²) in [7, 11) is 0. The molecule has 1 heterocycles. The van der Waals surface area contributed by atoms with Gasteiger partial charge in [0.05, 0.1) is 13.2 Å². The minimum Gasteiger partial charge on any atom is -0.463 e. The van der Waals surface area contributed by atoms with E-state index in [2.05, 4.69) is 0 Å². The van der Waals surface area contributed by atoms with Crippen molar-refractivity contribution in [3.63, 3.8) is 0 Å². The molecule has 1 unspecified atom stereocenters. The van der Waals surface area contributed by atoms with E-state index in [0.717, 1.165) is 19.4 Å². The highest BCUT2D eigenvalue weighted by Crippen LogP contribution is 2.13. The van der Waals surface area contributed by atoms with Gasteiger partial charge in [0, 0.05) is 12.7 Å². The summed E-state index contributed by atoms with van der Waals surface area (Å²) in [5.41, 5.74) is 0. The van der Waals surface area contributed by atoms with Gasteiger partial charge in [-0.3, -0.25) is 0 Å². The Morgan fingerprint density at radius 2 is 2.38 bits per heavy atom. The fourth-order valence-corrected chi connectivity index (χ4v) is 1.48. The van der Waals surface area contributed by atoms with E-state index in [4.69, 9.17) is 14.2 Å². The molecule has 0 spiro atoms. The maximum Gasteiger partial charge on any atom is 0.330 e. The molecule has 0 amide bonds. The van der Waals surface area contributed by atoms with Crippen molar-refractivity contribution in [3.8, 4) is 0 Å². The zero-order valence-corrected chi connectivity index (χ0v) is 9.81. The predicted octanol–water partition coefficient (Wildman–Crippen LogP) is 2.04. The minimum absolute atomic E-state index is 0.0512. The van der Waals surface area contributed by atoms with E-state index in [-0.39, 0.29) is 12.3 Å². The Kier molecular flexibility index (Phi) is 6.85. The molecule has 0 aliphatic carbocycles. The molecule has 0 bridgehead atoms. The van der Waals surface area contributed by atoms with Crippen LogP contribution in [-0.4, -0.2) is 32.1 Å². The zero-order chi connectivity index (χ0) is 11.6. The van der Waals surface area contributed by atoms with E-state index < -0.39 is 0 Å². The van der Waals surface area contributed by atoms with Crippen LogP contribution >= 0.6 is 0 Å². The van der Waals surface area contributed by atoms with E-state index in [9.17, 15) is 4.79 Å². The van der Waals surface area contributed by atoms with Crippen molar-refractivity contribution < 1.29 is 19.0 Å². The van der Waals surface area contributed by atoms with Crippen LogP contribution in [0.15, 0.2) is 12.2 Å². The topological polar surface area (TPSA) is 44.8 Å². The van der Waals surface area contributed by atoms with Gasteiger partial charge < -0.3 is 14.2 Å². The molecule has 4 nitrogen and oxygen atoms in total. The molecule has 0 saturated carbocycles. The summed E-state index contributed by atoms with van der Waals surface area (Å²) < 4.78 is 15.7. The lowest BCUT2D eigenvalue weighted by Gasteiger charge is -2.22. The van der Waals surface area contributed by atoms with Crippen LogP contribution in [0.2, 0.25) is 0 Å². The summed E-state index contributed by atoms with van der Waals surface area (Å²) >= 11 is 0. The van der Waals surface area contributed by atoms with Crippen molar-refractivity contribution in [1.82, 2.24) is 0 Å². The largest absolute Gasteiger partial charge is 0.463 e. The Hall–Kier alpha value is -0.870. The van der Waals surface area contributed by atoms with Crippen LogP contribution in [0.3, 0.4) is 0 Å². The number of ether oxygens (including phenoxy) is 3. The van der Waals surface area contributed by atoms with Crippen LogP contribution in [0.25, 0.3) is 0 Å². The Labute approximate surface area is 96.6 Å². The lowest BCUT2D eigenvalue weighted by atomic mass is 10.2. The summed E-state index contributed by atoms with van der Waals surface area (Å²) in [5.74, 6) is -0.295. The third-order valence-corrected chi connectivity index (χ3v) is 2.27. The van der Waals surface area contributed by atoms with Crippen molar-refractivity contribution in [1.29, 1.82) is 0 Å². The van der Waals surface area contributed by atoms with Gasteiger partial charge >= 0.3 is 5.97 Å². The summed E-state index contributed by atoms with van der Waals surface area (Å²) in [6, 6.07) is 0. The molecule has 16 heavy (non-hydrogen) atoms. The fourth-order valence-electron chi connectivity index (χ4n) is 1.48. The first-order chi connectivity index (χ1) is 7.83. The molecule has 0 aromatic carbocycles. The number of hydrogen-bond donors (Lipinski definition) is 0. The maximum absolute atomic E-state index is 10.9. The van der Waals surface area contributed by atoms with Gasteiger partial charge in [0.2, 0.25) is 0 Å². The van der Waals surface area contributed by atoms with Crippen LogP contribution in [-0.2, 0) is 19.0 Å². The number of hydrogen-bond acceptors (Lipinski definition) is 4. The number of esters is 1. The molecule has 1 fully saturated rings. The first kappa shape index (κ1) is 13.2. The molecule has 1 saturated heterocycles. The van der Waals surface area contributed by atoms with Gasteiger partial charge in [-0.2, -0.15) is 0 Å². The van der Waals surface area contributed by atoms with Gasteiger partial charge in [-0.05, 0) is 32.6 Å². The average Bonchev–Trinajstić information content (AvgIpc) is 2.30. The van der Waals surface area contributed by atoms with E-state index in [1.54, 1.807) is 13.0 Å². The molecule has 0 radical (unpaired) electrons. The summed E-state index contributed by atoms with van der Waals surface area (Å²) in [6.45, 7) is 3.58. The van der Waals surface area contributed by atoms with Crippen molar-refractivity contribution in [3.05, 3.63) is 12.2 Å². The standard InChI is InChI=1S/C12H20O4/c1-2-14-11(13)7-3-5-9-15-12-8-4-6-10-16-12/h3,7,12H,2,4-6,8-10H2,1H3/b7-3-. The second kappa shape index (κ2) is 8.30. The molecular weight excluding hydrogens is 208 g/mol. The van der Waals surface area contributed by atoms with Crippen molar-refractivity contribution in [2.45, 2.75) is 38.9 Å². The highest BCUT2D eigenvalue weighted by Gasteiger charge is 2.12. The quantitative estimate of drug-likeness (QED) is 0.396. The molecule has 1 aliphatic rings. The van der Waals surface area contributed by atoms with E-state index in [1.807, 2.05) is 0 Å². The summed E-state index contributed by atoms with van der Waals surface area (Å²) in [6.07, 6.45) is 7.13. The number of carbonyl (C=O) groups is 1. The van der Waals surface area contributed by atoms with Crippen molar-refractivity contribution >= 4 is 5.97 Å². The minimum atomic E-state index is -0.295. The van der Waals surface area contributed by atoms with Gasteiger partial charge in [0.25, 0.3) is 0 Å². The van der Waals surface area contributed by atoms with Gasteiger partial charge in [-0.25, -0.2) is 4.79 Å². The molecule has 92 valence electrons. The second-order valence-corrected chi connectivity index (χ2v) is 3.61. The van der Waals surface area contributed by atoms with E-state index >= 15 is 0 Å². The number of carbonyl (C=O) groups excluding carboxylic acids is 1. The SMILES string of the molecule is CCOC(=O)/C=C\CCOC1CCCCO1. The van der Waals surface area contributed by atoms with Gasteiger partial charge in [-0.15, -0.1) is 0 Å². The highest BCUT2D eigenvalue weighted by atomic mass is 16.7. The monoisotopic (exact) mass is 228 g/mol. The molecule has 4 heteroatoms. The van der Waals surface area contributed by atoms with Crippen LogP contribution < -0.4 is 0 Å². The van der Waals surface area contributed by atoms with Crippen LogP contribution in [0.1, 0.15) is 32.6 Å². The summed E-state index contributed by atoms with van der Waals surface area (Å²) in [5, 5.41) is 0. The maximum atomic E-state index is 10.9. The Bertz CT molecular complexity index is 219. The predicted molar refractivity (Wildman–Crippen MR) is 59.9 cm³/mol. The van der Waals surface area contributed by atoms with Crippen LogP contribution in [0.5, 0.6) is 0 Å². The van der Waals surface area contributed by atoms with E-state index in [0.29, 0.717) is 19.6 Å². The molecule has 0 N–H and O–H groups in total. The number of rotatable bonds is 6. The lowest BCUT2D eigenvalue weighted by Crippen LogP contribution is -2.22.